The van der Waals surface area contributed by atoms with Crippen molar-refractivity contribution in [1.29, 1.82) is 0 Å². The molecule has 0 amide bonds. The zero-order chi connectivity index (χ0) is 11.9. The van der Waals surface area contributed by atoms with E-state index in [9.17, 15) is 10.0 Å². The SMILES string of the molecule is CC1CCC(C)(C)c2ccc(B(O)O)cc21. The minimum absolute atomic E-state index is 0.209. The molecule has 86 valence electrons. The molecule has 0 aliphatic heterocycles. The quantitative estimate of drug-likeness (QED) is 0.702. The molecule has 2 rings (SSSR count). The lowest BCUT2D eigenvalue weighted by Gasteiger charge is -2.36. The lowest BCUT2D eigenvalue weighted by atomic mass is 9.67. The largest absolute Gasteiger partial charge is 0.488 e. The molecule has 1 aromatic rings. The predicted molar refractivity (Wildman–Crippen MR) is 66.9 cm³/mol. The molecule has 2 N–H and O–H groups in total. The van der Waals surface area contributed by atoms with Gasteiger partial charge in [-0.3, -0.25) is 0 Å². The number of fused-ring (bicyclic) bond motifs is 1. The van der Waals surface area contributed by atoms with Crippen LogP contribution in [-0.2, 0) is 5.41 Å². The Balaban J connectivity index is 2.52. The van der Waals surface area contributed by atoms with Gasteiger partial charge in [-0.15, -0.1) is 0 Å². The monoisotopic (exact) mass is 218 g/mol. The van der Waals surface area contributed by atoms with E-state index in [-0.39, 0.29) is 5.41 Å². The minimum atomic E-state index is -1.36. The van der Waals surface area contributed by atoms with Crippen LogP contribution in [0.2, 0.25) is 0 Å². The van der Waals surface area contributed by atoms with Gasteiger partial charge in [0.1, 0.15) is 0 Å². The van der Waals surface area contributed by atoms with E-state index in [4.69, 9.17) is 0 Å². The third-order valence-electron chi connectivity index (χ3n) is 3.84. The van der Waals surface area contributed by atoms with Crippen molar-refractivity contribution in [2.45, 2.75) is 44.9 Å². The Hall–Kier alpha value is -0.795. The summed E-state index contributed by atoms with van der Waals surface area (Å²) in [5.41, 5.74) is 3.45. The predicted octanol–water partition coefficient (Wildman–Crippen LogP) is 1.54. The smallest absolute Gasteiger partial charge is 0.423 e. The van der Waals surface area contributed by atoms with Gasteiger partial charge in [0.05, 0.1) is 0 Å². The first-order chi connectivity index (χ1) is 7.42. The Labute approximate surface area is 97.5 Å². The molecule has 1 atom stereocenters. The molecule has 1 aliphatic carbocycles. The van der Waals surface area contributed by atoms with Gasteiger partial charge in [0.25, 0.3) is 0 Å². The minimum Gasteiger partial charge on any atom is -0.423 e. The fourth-order valence-corrected chi connectivity index (χ4v) is 2.63. The molecule has 1 aromatic carbocycles. The molecular weight excluding hydrogens is 199 g/mol. The van der Waals surface area contributed by atoms with Gasteiger partial charge in [0, 0.05) is 0 Å². The lowest BCUT2D eigenvalue weighted by molar-refractivity contribution is 0.401. The van der Waals surface area contributed by atoms with E-state index in [0.717, 1.165) is 0 Å². The molecule has 0 spiro atoms. The molecular formula is C13H19BO2. The van der Waals surface area contributed by atoms with Crippen molar-refractivity contribution in [2.24, 2.45) is 0 Å². The maximum absolute atomic E-state index is 9.20. The number of hydrogen-bond acceptors (Lipinski definition) is 2. The van der Waals surface area contributed by atoms with E-state index >= 15 is 0 Å². The number of hydrogen-bond donors (Lipinski definition) is 2. The van der Waals surface area contributed by atoms with E-state index < -0.39 is 7.12 Å². The highest BCUT2D eigenvalue weighted by Gasteiger charge is 2.31. The summed E-state index contributed by atoms with van der Waals surface area (Å²) >= 11 is 0. The standard InChI is InChI=1S/C13H19BO2/c1-9-6-7-13(2,3)12-5-4-10(14(15)16)8-11(9)12/h4-5,8-9,15-16H,6-7H2,1-3H3. The van der Waals surface area contributed by atoms with Crippen LogP contribution in [0, 0.1) is 0 Å². The van der Waals surface area contributed by atoms with Crippen LogP contribution >= 0.6 is 0 Å². The second-order valence-electron chi connectivity index (χ2n) is 5.54. The molecule has 0 aromatic heterocycles. The van der Waals surface area contributed by atoms with E-state index in [0.29, 0.717) is 11.4 Å². The maximum Gasteiger partial charge on any atom is 0.488 e. The molecule has 3 heteroatoms. The first-order valence-corrected chi connectivity index (χ1v) is 5.92. The zero-order valence-electron chi connectivity index (χ0n) is 10.2. The molecule has 0 bridgehead atoms. The Morgan fingerprint density at radius 2 is 2.00 bits per heavy atom. The summed E-state index contributed by atoms with van der Waals surface area (Å²) in [5, 5.41) is 18.4. The highest BCUT2D eigenvalue weighted by atomic mass is 16.4. The van der Waals surface area contributed by atoms with Crippen molar-refractivity contribution in [3.05, 3.63) is 29.3 Å². The van der Waals surface area contributed by atoms with Crippen molar-refractivity contribution in [2.75, 3.05) is 0 Å². The summed E-state index contributed by atoms with van der Waals surface area (Å²) in [6, 6.07) is 5.83. The Morgan fingerprint density at radius 1 is 1.31 bits per heavy atom. The van der Waals surface area contributed by atoms with E-state index in [1.165, 1.54) is 24.0 Å². The van der Waals surface area contributed by atoms with Gasteiger partial charge in [0.2, 0.25) is 0 Å². The van der Waals surface area contributed by atoms with E-state index in [1.807, 2.05) is 12.1 Å². The van der Waals surface area contributed by atoms with Crippen molar-refractivity contribution in [3.8, 4) is 0 Å². The molecule has 2 nitrogen and oxygen atoms in total. The fraction of sp³-hybridized carbons (Fsp3) is 0.538. The molecule has 0 saturated carbocycles. The molecule has 0 fully saturated rings. The highest BCUT2D eigenvalue weighted by molar-refractivity contribution is 6.58. The van der Waals surface area contributed by atoms with Gasteiger partial charge >= 0.3 is 7.12 Å². The van der Waals surface area contributed by atoms with Crippen LogP contribution in [0.5, 0.6) is 0 Å². The lowest BCUT2D eigenvalue weighted by Crippen LogP contribution is -2.33. The van der Waals surface area contributed by atoms with Crippen LogP contribution < -0.4 is 5.46 Å². The molecule has 16 heavy (non-hydrogen) atoms. The van der Waals surface area contributed by atoms with Gasteiger partial charge in [0.15, 0.2) is 0 Å². The summed E-state index contributed by atoms with van der Waals surface area (Å²) in [4.78, 5) is 0. The van der Waals surface area contributed by atoms with Crippen molar-refractivity contribution in [1.82, 2.24) is 0 Å². The first-order valence-electron chi connectivity index (χ1n) is 5.92. The van der Waals surface area contributed by atoms with Crippen molar-refractivity contribution in [3.63, 3.8) is 0 Å². The molecule has 1 aliphatic rings. The van der Waals surface area contributed by atoms with Crippen molar-refractivity contribution >= 4 is 12.6 Å². The maximum atomic E-state index is 9.20. The number of benzene rings is 1. The summed E-state index contributed by atoms with van der Waals surface area (Å²) < 4.78 is 0. The van der Waals surface area contributed by atoms with Gasteiger partial charge in [-0.05, 0) is 40.8 Å². The number of rotatable bonds is 1. The van der Waals surface area contributed by atoms with Crippen molar-refractivity contribution < 1.29 is 10.0 Å². The van der Waals surface area contributed by atoms with Crippen LogP contribution in [0.1, 0.15) is 50.7 Å². The summed E-state index contributed by atoms with van der Waals surface area (Å²) in [5.74, 6) is 0.515. The van der Waals surface area contributed by atoms with Gasteiger partial charge in [-0.1, -0.05) is 39.0 Å². The summed E-state index contributed by atoms with van der Waals surface area (Å²) in [6.45, 7) is 6.72. The Bertz CT molecular complexity index is 399. The van der Waals surface area contributed by atoms with Gasteiger partial charge < -0.3 is 10.0 Å². The summed E-state index contributed by atoms with van der Waals surface area (Å²) in [6.07, 6.45) is 2.37. The molecule has 0 heterocycles. The average molecular weight is 218 g/mol. The molecule has 0 radical (unpaired) electrons. The third kappa shape index (κ3) is 1.90. The van der Waals surface area contributed by atoms with Crippen LogP contribution in [0.4, 0.5) is 0 Å². The first kappa shape index (κ1) is 11.7. The van der Waals surface area contributed by atoms with E-state index in [2.05, 4.69) is 26.8 Å². The molecule has 0 saturated heterocycles. The van der Waals surface area contributed by atoms with Crippen LogP contribution in [0.15, 0.2) is 18.2 Å². The topological polar surface area (TPSA) is 40.5 Å². The van der Waals surface area contributed by atoms with Gasteiger partial charge in [-0.25, -0.2) is 0 Å². The zero-order valence-corrected chi connectivity index (χ0v) is 10.2. The van der Waals surface area contributed by atoms with Crippen LogP contribution in [-0.4, -0.2) is 17.2 Å². The summed E-state index contributed by atoms with van der Waals surface area (Å²) in [7, 11) is -1.36. The Kier molecular flexibility index (Phi) is 2.85. The second-order valence-corrected chi connectivity index (χ2v) is 5.54. The van der Waals surface area contributed by atoms with Gasteiger partial charge in [-0.2, -0.15) is 0 Å². The van der Waals surface area contributed by atoms with Crippen LogP contribution in [0.25, 0.3) is 0 Å². The second kappa shape index (κ2) is 3.90. The fourth-order valence-electron chi connectivity index (χ4n) is 2.63. The van der Waals surface area contributed by atoms with Crippen LogP contribution in [0.3, 0.4) is 0 Å². The normalized spacial score (nSPS) is 22.7. The third-order valence-corrected chi connectivity index (χ3v) is 3.84. The van der Waals surface area contributed by atoms with E-state index in [1.54, 1.807) is 0 Å². The Morgan fingerprint density at radius 3 is 2.62 bits per heavy atom. The average Bonchev–Trinajstić information content (AvgIpc) is 2.23. The highest BCUT2D eigenvalue weighted by Crippen LogP contribution is 2.41. The molecule has 1 unspecified atom stereocenters.